The highest BCUT2D eigenvalue weighted by molar-refractivity contribution is 7.11. The van der Waals surface area contributed by atoms with Crippen LogP contribution in [-0.4, -0.2) is 18.6 Å². The van der Waals surface area contributed by atoms with Crippen molar-refractivity contribution in [1.29, 1.82) is 0 Å². The molecule has 1 aliphatic carbocycles. The lowest BCUT2D eigenvalue weighted by atomic mass is 10.1. The molecule has 0 radical (unpaired) electrons. The van der Waals surface area contributed by atoms with E-state index in [4.69, 9.17) is 4.98 Å². The lowest BCUT2D eigenvalue weighted by Crippen LogP contribution is -2.15. The summed E-state index contributed by atoms with van der Waals surface area (Å²) in [6, 6.07) is 0. The highest BCUT2D eigenvalue weighted by atomic mass is 32.1. The third-order valence-electron chi connectivity index (χ3n) is 2.80. The monoisotopic (exact) mass is 210 g/mol. The molecule has 1 atom stereocenters. The normalized spacial score (nSPS) is 20.4. The van der Waals surface area contributed by atoms with Crippen molar-refractivity contribution in [1.82, 2.24) is 10.3 Å². The molecule has 78 valence electrons. The molecule has 3 heteroatoms. The predicted molar refractivity (Wildman–Crippen MR) is 61.2 cm³/mol. The van der Waals surface area contributed by atoms with E-state index in [-0.39, 0.29) is 0 Å². The van der Waals surface area contributed by atoms with Gasteiger partial charge in [0.1, 0.15) is 0 Å². The second-order valence-electron chi connectivity index (χ2n) is 4.31. The average Bonchev–Trinajstić information content (AvgIpc) is 2.67. The topological polar surface area (TPSA) is 24.9 Å². The Morgan fingerprint density at radius 3 is 3.00 bits per heavy atom. The molecule has 14 heavy (non-hydrogen) atoms. The molecule has 0 aromatic carbocycles. The summed E-state index contributed by atoms with van der Waals surface area (Å²) in [7, 11) is 2.02. The van der Waals surface area contributed by atoms with E-state index in [1.807, 2.05) is 18.4 Å². The van der Waals surface area contributed by atoms with Crippen LogP contribution < -0.4 is 5.32 Å². The third kappa shape index (κ3) is 1.71. The number of likely N-dealkylation sites (N-methyl/N-ethyl adjacent to an activating group) is 1. The second-order valence-corrected chi connectivity index (χ2v) is 5.42. The highest BCUT2D eigenvalue weighted by Crippen LogP contribution is 2.37. The summed E-state index contributed by atoms with van der Waals surface area (Å²) in [5.74, 6) is 1.25. The quantitative estimate of drug-likeness (QED) is 0.829. The highest BCUT2D eigenvalue weighted by Gasteiger charge is 2.26. The van der Waals surface area contributed by atoms with Gasteiger partial charge in [0.2, 0.25) is 0 Å². The van der Waals surface area contributed by atoms with Crippen LogP contribution in [-0.2, 0) is 6.42 Å². The fourth-order valence-corrected chi connectivity index (χ4v) is 3.18. The SMILES string of the molecule is CNCC1CCc2sc(C(C)C)nc21. The first kappa shape index (κ1) is 10.1. The molecule has 1 aromatic rings. The molecule has 0 bridgehead atoms. The summed E-state index contributed by atoms with van der Waals surface area (Å²) >= 11 is 1.92. The zero-order valence-electron chi connectivity index (χ0n) is 9.13. The maximum Gasteiger partial charge on any atom is 0.0956 e. The van der Waals surface area contributed by atoms with Crippen LogP contribution in [0.4, 0.5) is 0 Å². The number of fused-ring (bicyclic) bond motifs is 1. The average molecular weight is 210 g/mol. The summed E-state index contributed by atoms with van der Waals surface area (Å²) in [6.45, 7) is 5.52. The molecule has 0 aliphatic heterocycles. The van der Waals surface area contributed by atoms with Crippen LogP contribution in [0.5, 0.6) is 0 Å². The molecule has 1 heterocycles. The largest absolute Gasteiger partial charge is 0.319 e. The van der Waals surface area contributed by atoms with Crippen LogP contribution in [0.15, 0.2) is 0 Å². The van der Waals surface area contributed by atoms with Gasteiger partial charge in [-0.25, -0.2) is 4.98 Å². The molecular formula is C11H18N2S. The molecule has 1 aromatic heterocycles. The number of aryl methyl sites for hydroxylation is 1. The first-order chi connectivity index (χ1) is 6.72. The Labute approximate surface area is 89.8 Å². The van der Waals surface area contributed by atoms with Gasteiger partial charge >= 0.3 is 0 Å². The van der Waals surface area contributed by atoms with Crippen molar-refractivity contribution in [2.24, 2.45) is 0 Å². The van der Waals surface area contributed by atoms with Gasteiger partial charge in [0.15, 0.2) is 0 Å². The van der Waals surface area contributed by atoms with E-state index in [1.165, 1.54) is 28.4 Å². The minimum Gasteiger partial charge on any atom is -0.319 e. The number of aromatic nitrogens is 1. The second kappa shape index (κ2) is 3.99. The minimum atomic E-state index is 0.584. The van der Waals surface area contributed by atoms with E-state index in [0.29, 0.717) is 11.8 Å². The van der Waals surface area contributed by atoms with Gasteiger partial charge in [-0.05, 0) is 19.9 Å². The van der Waals surface area contributed by atoms with Crippen molar-refractivity contribution in [3.8, 4) is 0 Å². The van der Waals surface area contributed by atoms with Crippen molar-refractivity contribution < 1.29 is 0 Å². The number of hydrogen-bond donors (Lipinski definition) is 1. The first-order valence-electron chi connectivity index (χ1n) is 5.36. The van der Waals surface area contributed by atoms with Gasteiger partial charge in [-0.15, -0.1) is 11.3 Å². The summed E-state index contributed by atoms with van der Waals surface area (Å²) in [5, 5.41) is 4.57. The zero-order chi connectivity index (χ0) is 10.1. The minimum absolute atomic E-state index is 0.584. The molecule has 0 saturated heterocycles. The van der Waals surface area contributed by atoms with Gasteiger partial charge in [-0.1, -0.05) is 13.8 Å². The van der Waals surface area contributed by atoms with Gasteiger partial charge < -0.3 is 5.32 Å². The van der Waals surface area contributed by atoms with E-state index in [1.54, 1.807) is 0 Å². The van der Waals surface area contributed by atoms with Crippen molar-refractivity contribution in [3.05, 3.63) is 15.6 Å². The third-order valence-corrected chi connectivity index (χ3v) is 4.23. The molecule has 1 aliphatic rings. The lowest BCUT2D eigenvalue weighted by molar-refractivity contribution is 0.610. The molecule has 2 rings (SSSR count). The molecule has 2 nitrogen and oxygen atoms in total. The number of nitrogens with one attached hydrogen (secondary N) is 1. The first-order valence-corrected chi connectivity index (χ1v) is 6.18. The zero-order valence-corrected chi connectivity index (χ0v) is 9.95. The summed E-state index contributed by atoms with van der Waals surface area (Å²) in [4.78, 5) is 6.30. The molecular weight excluding hydrogens is 192 g/mol. The van der Waals surface area contributed by atoms with Crippen molar-refractivity contribution >= 4 is 11.3 Å². The van der Waals surface area contributed by atoms with E-state index in [2.05, 4.69) is 19.2 Å². The van der Waals surface area contributed by atoms with Gasteiger partial charge in [0.25, 0.3) is 0 Å². The van der Waals surface area contributed by atoms with Crippen molar-refractivity contribution in [2.75, 3.05) is 13.6 Å². The molecule has 0 amide bonds. The van der Waals surface area contributed by atoms with Crippen LogP contribution in [0.25, 0.3) is 0 Å². The van der Waals surface area contributed by atoms with Crippen LogP contribution in [0, 0.1) is 0 Å². The fraction of sp³-hybridized carbons (Fsp3) is 0.727. The Kier molecular flexibility index (Phi) is 2.88. The molecule has 0 saturated carbocycles. The summed E-state index contributed by atoms with van der Waals surface area (Å²) < 4.78 is 0. The molecule has 0 fully saturated rings. The van der Waals surface area contributed by atoms with Crippen molar-refractivity contribution in [2.45, 2.75) is 38.5 Å². The van der Waals surface area contributed by atoms with Crippen LogP contribution in [0.3, 0.4) is 0 Å². The van der Waals surface area contributed by atoms with E-state index in [9.17, 15) is 0 Å². The predicted octanol–water partition coefficient (Wildman–Crippen LogP) is 2.52. The Balaban J connectivity index is 2.21. The van der Waals surface area contributed by atoms with Crippen LogP contribution in [0.2, 0.25) is 0 Å². The number of hydrogen-bond acceptors (Lipinski definition) is 3. The maximum atomic E-state index is 4.77. The molecule has 1 unspecified atom stereocenters. The number of thiazole rings is 1. The van der Waals surface area contributed by atoms with Gasteiger partial charge in [0.05, 0.1) is 10.7 Å². The van der Waals surface area contributed by atoms with Crippen molar-refractivity contribution in [3.63, 3.8) is 0 Å². The molecule has 1 N–H and O–H groups in total. The Morgan fingerprint density at radius 1 is 1.57 bits per heavy atom. The Bertz CT molecular complexity index is 317. The lowest BCUT2D eigenvalue weighted by Gasteiger charge is -2.07. The molecule has 0 spiro atoms. The standard InChI is InChI=1S/C11H18N2S/c1-7(2)11-13-10-8(6-12-3)4-5-9(10)14-11/h7-8,12H,4-6H2,1-3H3. The Hall–Kier alpha value is -0.410. The number of nitrogens with zero attached hydrogens (tertiary/aromatic N) is 1. The smallest absolute Gasteiger partial charge is 0.0956 e. The van der Waals surface area contributed by atoms with Gasteiger partial charge in [0, 0.05) is 23.3 Å². The van der Waals surface area contributed by atoms with Gasteiger partial charge in [-0.2, -0.15) is 0 Å². The van der Waals surface area contributed by atoms with Crippen LogP contribution >= 0.6 is 11.3 Å². The van der Waals surface area contributed by atoms with Gasteiger partial charge in [-0.3, -0.25) is 0 Å². The maximum absolute atomic E-state index is 4.77. The van der Waals surface area contributed by atoms with E-state index in [0.717, 1.165) is 6.54 Å². The van der Waals surface area contributed by atoms with E-state index >= 15 is 0 Å². The Morgan fingerprint density at radius 2 is 2.36 bits per heavy atom. The van der Waals surface area contributed by atoms with Crippen LogP contribution in [0.1, 0.15) is 47.7 Å². The van der Waals surface area contributed by atoms with E-state index < -0.39 is 0 Å². The summed E-state index contributed by atoms with van der Waals surface area (Å²) in [5.41, 5.74) is 1.38. The number of rotatable bonds is 3. The fourth-order valence-electron chi connectivity index (χ4n) is 2.01. The summed E-state index contributed by atoms with van der Waals surface area (Å²) in [6.07, 6.45) is 2.53.